The maximum absolute atomic E-state index is 13.6. The highest BCUT2D eigenvalue weighted by atomic mass is 32.1. The summed E-state index contributed by atoms with van der Waals surface area (Å²) in [7, 11) is 0. The molecule has 0 fully saturated rings. The zero-order valence-corrected chi connectivity index (χ0v) is 18.8. The number of benzene rings is 3. The predicted octanol–water partition coefficient (Wildman–Crippen LogP) is 5.19. The van der Waals surface area contributed by atoms with Crippen molar-refractivity contribution in [2.45, 2.75) is 12.3 Å². The van der Waals surface area contributed by atoms with Crippen molar-refractivity contribution in [3.05, 3.63) is 101 Å². The molecule has 34 heavy (non-hydrogen) atoms. The zero-order valence-electron chi connectivity index (χ0n) is 17.9. The molecule has 1 amide bonds. The number of carbonyl (C=O) groups is 1. The van der Waals surface area contributed by atoms with E-state index in [1.54, 1.807) is 16.6 Å². The summed E-state index contributed by atoms with van der Waals surface area (Å²) in [6, 6.07) is 21.5. The lowest BCUT2D eigenvalue weighted by Crippen LogP contribution is -2.33. The Bertz CT molecular complexity index is 1480. The Morgan fingerprint density at radius 2 is 1.76 bits per heavy atom. The molecule has 8 heteroatoms. The maximum Gasteiger partial charge on any atom is 0.232 e. The van der Waals surface area contributed by atoms with E-state index in [-0.39, 0.29) is 11.7 Å². The molecule has 1 N–H and O–H groups in total. The Balaban J connectivity index is 1.20. The van der Waals surface area contributed by atoms with Crippen LogP contribution in [0.2, 0.25) is 0 Å². The van der Waals surface area contributed by atoms with Gasteiger partial charge in [-0.1, -0.05) is 48.5 Å². The second-order valence-electron chi connectivity index (χ2n) is 8.02. The highest BCUT2D eigenvalue weighted by molar-refractivity contribution is 7.15. The fourth-order valence-electron chi connectivity index (χ4n) is 4.25. The minimum absolute atomic E-state index is 0.0753. The number of nitrogens with one attached hydrogen (secondary N) is 1. The van der Waals surface area contributed by atoms with Gasteiger partial charge in [0.15, 0.2) is 5.82 Å². The van der Waals surface area contributed by atoms with Gasteiger partial charge < -0.3 is 10.1 Å². The summed E-state index contributed by atoms with van der Waals surface area (Å²) in [4.78, 5) is 18.5. The van der Waals surface area contributed by atoms with E-state index in [4.69, 9.17) is 4.74 Å². The van der Waals surface area contributed by atoms with E-state index >= 15 is 0 Å². The summed E-state index contributed by atoms with van der Waals surface area (Å²) in [6.45, 7) is 0.446. The Morgan fingerprint density at radius 3 is 2.50 bits per heavy atom. The number of para-hydroxylation sites is 2. The van der Waals surface area contributed by atoms with Gasteiger partial charge in [-0.05, 0) is 24.3 Å². The molecule has 2 aromatic heterocycles. The van der Waals surface area contributed by atoms with Gasteiger partial charge in [-0.3, -0.25) is 4.79 Å². The van der Waals surface area contributed by atoms with Crippen molar-refractivity contribution in [3.8, 4) is 22.9 Å². The third-order valence-corrected chi connectivity index (χ3v) is 6.72. The minimum atomic E-state index is -0.436. The first-order valence-corrected chi connectivity index (χ1v) is 11.8. The summed E-state index contributed by atoms with van der Waals surface area (Å²) in [5.41, 5.74) is 3.27. The molecule has 3 aromatic carbocycles. The van der Waals surface area contributed by atoms with Crippen LogP contribution in [0.15, 0.2) is 78.2 Å². The predicted molar refractivity (Wildman–Crippen MR) is 128 cm³/mol. The van der Waals surface area contributed by atoms with Crippen LogP contribution in [-0.2, 0) is 11.2 Å². The molecule has 1 aliphatic heterocycles. The quantitative estimate of drug-likeness (QED) is 0.384. The van der Waals surface area contributed by atoms with Gasteiger partial charge in [-0.25, -0.2) is 8.91 Å². The average molecular weight is 471 g/mol. The second kappa shape index (κ2) is 8.39. The SMILES string of the molecule is O=C(NCCc1csc2nc(-c3cccc(F)c3)nn12)C1c2ccccc2Oc2ccccc21. The number of rotatable bonds is 5. The van der Waals surface area contributed by atoms with Crippen LogP contribution in [-0.4, -0.2) is 27.0 Å². The number of nitrogens with zero attached hydrogens (tertiary/aromatic N) is 3. The smallest absolute Gasteiger partial charge is 0.232 e. The maximum atomic E-state index is 13.6. The van der Waals surface area contributed by atoms with Crippen LogP contribution < -0.4 is 10.1 Å². The molecule has 6 nitrogen and oxygen atoms in total. The van der Waals surface area contributed by atoms with E-state index in [2.05, 4.69) is 15.4 Å². The number of amides is 1. The van der Waals surface area contributed by atoms with Crippen LogP contribution in [0.3, 0.4) is 0 Å². The molecular formula is C26H19FN4O2S. The first kappa shape index (κ1) is 20.6. The van der Waals surface area contributed by atoms with Gasteiger partial charge in [-0.2, -0.15) is 4.98 Å². The van der Waals surface area contributed by atoms with Crippen molar-refractivity contribution in [1.82, 2.24) is 19.9 Å². The number of fused-ring (bicyclic) bond motifs is 3. The topological polar surface area (TPSA) is 68.5 Å². The van der Waals surface area contributed by atoms with E-state index in [1.165, 1.54) is 23.5 Å². The van der Waals surface area contributed by atoms with Gasteiger partial charge >= 0.3 is 0 Å². The van der Waals surface area contributed by atoms with Gasteiger partial charge in [0.1, 0.15) is 17.3 Å². The normalized spacial score (nSPS) is 12.7. The van der Waals surface area contributed by atoms with Crippen LogP contribution in [0.4, 0.5) is 4.39 Å². The molecular weight excluding hydrogens is 451 g/mol. The Hall–Kier alpha value is -4.04. The van der Waals surface area contributed by atoms with E-state index in [1.807, 2.05) is 53.9 Å². The van der Waals surface area contributed by atoms with Gasteiger partial charge in [0.25, 0.3) is 0 Å². The third-order valence-electron chi connectivity index (χ3n) is 5.86. The molecule has 0 saturated heterocycles. The molecule has 0 aliphatic carbocycles. The summed E-state index contributed by atoms with van der Waals surface area (Å²) in [5, 5.41) is 9.62. The summed E-state index contributed by atoms with van der Waals surface area (Å²) >= 11 is 1.47. The monoisotopic (exact) mass is 470 g/mol. The number of ether oxygens (including phenoxy) is 1. The summed E-state index contributed by atoms with van der Waals surface area (Å²) < 4.78 is 21.3. The number of thiazole rings is 1. The number of hydrogen-bond donors (Lipinski definition) is 1. The van der Waals surface area contributed by atoms with Crippen LogP contribution in [0.5, 0.6) is 11.5 Å². The lowest BCUT2D eigenvalue weighted by molar-refractivity contribution is -0.121. The molecule has 0 unspecified atom stereocenters. The Morgan fingerprint density at radius 1 is 1.03 bits per heavy atom. The third kappa shape index (κ3) is 3.62. The molecule has 0 saturated carbocycles. The van der Waals surface area contributed by atoms with Crippen LogP contribution >= 0.6 is 11.3 Å². The highest BCUT2D eigenvalue weighted by Crippen LogP contribution is 2.43. The standard InChI is InChI=1S/C26H19FN4O2S/c27-17-7-5-6-16(14-17)24-29-26-31(30-24)18(15-34-26)12-13-28-25(32)23-19-8-1-3-10-21(19)33-22-11-4-2-9-20(22)23/h1-11,14-15,23H,12-13H2,(H,28,32). The minimum Gasteiger partial charge on any atom is -0.457 e. The van der Waals surface area contributed by atoms with Crippen molar-refractivity contribution in [2.75, 3.05) is 6.54 Å². The summed E-state index contributed by atoms with van der Waals surface area (Å²) in [6.07, 6.45) is 0.588. The molecule has 0 spiro atoms. The lowest BCUT2D eigenvalue weighted by Gasteiger charge is -2.27. The van der Waals surface area contributed by atoms with E-state index in [9.17, 15) is 9.18 Å². The molecule has 0 radical (unpaired) electrons. The van der Waals surface area contributed by atoms with Gasteiger partial charge in [0.2, 0.25) is 10.9 Å². The zero-order chi connectivity index (χ0) is 23.1. The highest BCUT2D eigenvalue weighted by Gasteiger charge is 2.32. The fourth-order valence-corrected chi connectivity index (χ4v) is 5.11. The molecule has 0 atom stereocenters. The average Bonchev–Trinajstić information content (AvgIpc) is 3.44. The fraction of sp³-hybridized carbons (Fsp3) is 0.115. The summed E-state index contributed by atoms with van der Waals surface area (Å²) in [5.74, 6) is 1.05. The first-order chi connectivity index (χ1) is 16.7. The Kier molecular flexibility index (Phi) is 5.07. The van der Waals surface area contributed by atoms with Gasteiger partial charge in [0.05, 0.1) is 11.6 Å². The van der Waals surface area contributed by atoms with Gasteiger partial charge in [-0.15, -0.1) is 16.4 Å². The van der Waals surface area contributed by atoms with E-state index in [0.29, 0.717) is 35.9 Å². The number of hydrogen-bond acceptors (Lipinski definition) is 5. The van der Waals surface area contributed by atoms with E-state index < -0.39 is 5.92 Å². The van der Waals surface area contributed by atoms with Crippen molar-refractivity contribution < 1.29 is 13.9 Å². The lowest BCUT2D eigenvalue weighted by atomic mass is 9.87. The molecule has 6 rings (SSSR count). The molecule has 0 bridgehead atoms. The van der Waals surface area contributed by atoms with E-state index in [0.717, 1.165) is 21.8 Å². The van der Waals surface area contributed by atoms with Crippen LogP contribution in [0, 0.1) is 5.82 Å². The Labute approximate surface area is 198 Å². The largest absolute Gasteiger partial charge is 0.457 e. The first-order valence-electron chi connectivity index (χ1n) is 10.9. The van der Waals surface area contributed by atoms with Crippen molar-refractivity contribution >= 4 is 22.2 Å². The molecule has 1 aliphatic rings. The van der Waals surface area contributed by atoms with Crippen molar-refractivity contribution in [2.24, 2.45) is 0 Å². The van der Waals surface area contributed by atoms with Crippen molar-refractivity contribution in [1.29, 1.82) is 0 Å². The number of carbonyl (C=O) groups excluding carboxylic acids is 1. The van der Waals surface area contributed by atoms with Crippen LogP contribution in [0.25, 0.3) is 16.3 Å². The molecule has 168 valence electrons. The second-order valence-corrected chi connectivity index (χ2v) is 8.86. The number of aromatic nitrogens is 3. The van der Waals surface area contributed by atoms with Crippen molar-refractivity contribution in [3.63, 3.8) is 0 Å². The van der Waals surface area contributed by atoms with Crippen LogP contribution in [0.1, 0.15) is 22.7 Å². The molecule has 5 aromatic rings. The molecule has 3 heterocycles. The number of halogens is 1. The van der Waals surface area contributed by atoms with Gasteiger partial charge in [0, 0.05) is 35.0 Å².